The molecule has 162 valence electrons. The average molecular weight is 472 g/mol. The van der Waals surface area contributed by atoms with E-state index in [1.807, 2.05) is 12.1 Å². The van der Waals surface area contributed by atoms with Crippen molar-refractivity contribution in [2.45, 2.75) is 42.7 Å². The van der Waals surface area contributed by atoms with Crippen LogP contribution in [0.1, 0.15) is 47.8 Å². The van der Waals surface area contributed by atoms with Crippen LogP contribution < -0.4 is 10.0 Å². The number of benzene rings is 1. The lowest BCUT2D eigenvalue weighted by atomic mass is 10.1. The first kappa shape index (κ1) is 21.6. The number of sulfonamides is 1. The summed E-state index contributed by atoms with van der Waals surface area (Å²) >= 11 is 12.3. The van der Waals surface area contributed by atoms with Gasteiger partial charge in [0.2, 0.25) is 10.0 Å². The second kappa shape index (κ2) is 8.88. The van der Waals surface area contributed by atoms with Gasteiger partial charge in [0.25, 0.3) is 5.91 Å². The zero-order valence-electron chi connectivity index (χ0n) is 16.2. The third kappa shape index (κ3) is 4.84. The summed E-state index contributed by atoms with van der Waals surface area (Å²) in [6, 6.07) is 6.07. The van der Waals surface area contributed by atoms with Gasteiger partial charge in [0.1, 0.15) is 10.7 Å². The van der Waals surface area contributed by atoms with Gasteiger partial charge in [-0.1, -0.05) is 23.2 Å². The van der Waals surface area contributed by atoms with E-state index in [9.17, 15) is 13.2 Å². The predicted octanol–water partition coefficient (Wildman–Crippen LogP) is 3.59. The molecule has 1 aliphatic carbocycles. The van der Waals surface area contributed by atoms with Gasteiger partial charge in [-0.05, 0) is 63.0 Å². The second-order valence-corrected chi connectivity index (χ2v) is 10.1. The minimum Gasteiger partial charge on any atom is -0.468 e. The number of carbonyl (C=O) groups is 1. The molecule has 1 aromatic carbocycles. The number of amides is 1. The molecule has 7 nitrogen and oxygen atoms in total. The predicted molar refractivity (Wildman–Crippen MR) is 114 cm³/mol. The first-order valence-corrected chi connectivity index (χ1v) is 12.2. The molecule has 1 atom stereocenters. The molecule has 1 saturated heterocycles. The van der Waals surface area contributed by atoms with E-state index in [2.05, 4.69) is 14.9 Å². The van der Waals surface area contributed by atoms with E-state index in [0.717, 1.165) is 44.5 Å². The zero-order chi connectivity index (χ0) is 21.3. The van der Waals surface area contributed by atoms with Crippen molar-refractivity contribution in [1.29, 1.82) is 0 Å². The number of furan rings is 1. The monoisotopic (exact) mass is 471 g/mol. The summed E-state index contributed by atoms with van der Waals surface area (Å²) in [6.07, 6.45) is 5.40. The molecule has 2 N–H and O–H groups in total. The Morgan fingerprint density at radius 2 is 1.93 bits per heavy atom. The number of rotatable bonds is 8. The Balaban J connectivity index is 1.53. The number of halogens is 2. The number of carbonyl (C=O) groups excluding carboxylic acids is 1. The molecule has 1 saturated carbocycles. The van der Waals surface area contributed by atoms with Crippen molar-refractivity contribution < 1.29 is 17.6 Å². The summed E-state index contributed by atoms with van der Waals surface area (Å²) in [5.41, 5.74) is 0.0665. The minimum absolute atomic E-state index is 0.0183. The Morgan fingerprint density at radius 3 is 2.57 bits per heavy atom. The molecule has 1 amide bonds. The second-order valence-electron chi connectivity index (χ2n) is 7.64. The lowest BCUT2D eigenvalue weighted by molar-refractivity contribution is 0.0933. The van der Waals surface area contributed by atoms with Crippen molar-refractivity contribution in [3.05, 3.63) is 51.9 Å². The number of nitrogens with one attached hydrogen (secondary N) is 2. The van der Waals surface area contributed by atoms with E-state index in [4.69, 9.17) is 27.6 Å². The van der Waals surface area contributed by atoms with Gasteiger partial charge >= 0.3 is 0 Å². The smallest absolute Gasteiger partial charge is 0.252 e. The quantitative estimate of drug-likeness (QED) is 0.613. The highest BCUT2D eigenvalue weighted by Gasteiger charge is 2.31. The molecule has 0 bridgehead atoms. The molecule has 0 spiro atoms. The highest BCUT2D eigenvalue weighted by molar-refractivity contribution is 7.89. The first-order valence-electron chi connectivity index (χ1n) is 9.92. The maximum Gasteiger partial charge on any atom is 0.252 e. The number of nitrogens with zero attached hydrogens (tertiary/aromatic N) is 1. The van der Waals surface area contributed by atoms with Crippen LogP contribution in [0.5, 0.6) is 0 Å². The van der Waals surface area contributed by atoms with Crippen LogP contribution in [0.15, 0.2) is 39.8 Å². The Morgan fingerprint density at radius 1 is 1.20 bits per heavy atom. The van der Waals surface area contributed by atoms with Gasteiger partial charge in [-0.25, -0.2) is 13.1 Å². The Labute approximate surface area is 185 Å². The van der Waals surface area contributed by atoms with Crippen molar-refractivity contribution in [2.24, 2.45) is 0 Å². The van der Waals surface area contributed by atoms with Gasteiger partial charge in [-0.3, -0.25) is 9.69 Å². The maximum atomic E-state index is 12.9. The van der Waals surface area contributed by atoms with Crippen molar-refractivity contribution in [1.82, 2.24) is 14.9 Å². The van der Waals surface area contributed by atoms with E-state index in [1.54, 1.807) is 6.26 Å². The molecule has 1 aliphatic heterocycles. The van der Waals surface area contributed by atoms with E-state index >= 15 is 0 Å². The third-order valence-corrected chi connectivity index (χ3v) is 7.66. The molecule has 2 fully saturated rings. The molecule has 1 aromatic heterocycles. The Kier molecular flexibility index (Phi) is 6.41. The summed E-state index contributed by atoms with van der Waals surface area (Å²) in [6.45, 7) is 2.17. The molecule has 1 unspecified atom stereocenters. The Bertz CT molecular complexity index is 1020. The maximum absolute atomic E-state index is 12.9. The molecule has 2 aromatic rings. The van der Waals surface area contributed by atoms with E-state index in [-0.39, 0.29) is 32.6 Å². The average Bonchev–Trinajstić information content (AvgIpc) is 3.13. The number of likely N-dealkylation sites (tertiary alicyclic amines) is 1. The number of hydrogen-bond donors (Lipinski definition) is 2. The third-order valence-electron chi connectivity index (χ3n) is 5.36. The topological polar surface area (TPSA) is 91.7 Å². The van der Waals surface area contributed by atoms with Gasteiger partial charge in [0, 0.05) is 12.6 Å². The summed E-state index contributed by atoms with van der Waals surface area (Å²) in [7, 11) is -3.82. The van der Waals surface area contributed by atoms with Gasteiger partial charge < -0.3 is 9.73 Å². The van der Waals surface area contributed by atoms with Crippen LogP contribution >= 0.6 is 23.2 Å². The molecule has 10 heteroatoms. The first-order chi connectivity index (χ1) is 14.3. The fraction of sp³-hybridized carbons (Fsp3) is 0.450. The molecular formula is C20H23Cl2N3O4S. The SMILES string of the molecule is O=C(NCC(c1ccco1)N1CCCC1)c1cc(S(=O)(=O)NC2CC2)c(Cl)cc1Cl. The van der Waals surface area contributed by atoms with Crippen LogP contribution in [0.4, 0.5) is 0 Å². The Hall–Kier alpha value is -1.58. The molecule has 0 radical (unpaired) electrons. The summed E-state index contributed by atoms with van der Waals surface area (Å²) in [5.74, 6) is 0.312. The number of hydrogen-bond acceptors (Lipinski definition) is 5. The molecule has 2 aliphatic rings. The van der Waals surface area contributed by atoms with E-state index in [0.29, 0.717) is 6.54 Å². The summed E-state index contributed by atoms with van der Waals surface area (Å²) in [5, 5.41) is 2.95. The van der Waals surface area contributed by atoms with Crippen LogP contribution in [0.2, 0.25) is 10.0 Å². The molecule has 30 heavy (non-hydrogen) atoms. The van der Waals surface area contributed by atoms with Crippen molar-refractivity contribution >= 4 is 39.1 Å². The van der Waals surface area contributed by atoms with Gasteiger partial charge in [-0.2, -0.15) is 0 Å². The largest absolute Gasteiger partial charge is 0.468 e. The van der Waals surface area contributed by atoms with Crippen LogP contribution in [-0.2, 0) is 10.0 Å². The van der Waals surface area contributed by atoms with Gasteiger partial charge in [0.05, 0.1) is 27.9 Å². The molecular weight excluding hydrogens is 449 g/mol. The standard InChI is InChI=1S/C20H23Cl2N3O4S/c21-15-11-16(22)19(30(27,28)24-13-5-6-13)10-14(15)20(26)23-12-17(18-4-3-9-29-18)25-7-1-2-8-25/h3-4,9-11,13,17,24H,1-2,5-8,12H2,(H,23,26). The normalized spacial score (nSPS) is 18.5. The molecule has 2 heterocycles. The van der Waals surface area contributed by atoms with Crippen LogP contribution in [0.3, 0.4) is 0 Å². The van der Waals surface area contributed by atoms with Crippen LogP contribution in [0, 0.1) is 0 Å². The van der Waals surface area contributed by atoms with Crippen LogP contribution in [0.25, 0.3) is 0 Å². The lowest BCUT2D eigenvalue weighted by Gasteiger charge is -2.26. The van der Waals surface area contributed by atoms with E-state index < -0.39 is 15.9 Å². The van der Waals surface area contributed by atoms with Gasteiger partial charge in [0.15, 0.2) is 0 Å². The summed E-state index contributed by atoms with van der Waals surface area (Å²) < 4.78 is 33.3. The summed E-state index contributed by atoms with van der Waals surface area (Å²) in [4.78, 5) is 15.0. The van der Waals surface area contributed by atoms with Gasteiger partial charge in [-0.15, -0.1) is 0 Å². The fourth-order valence-electron chi connectivity index (χ4n) is 3.62. The molecule has 4 rings (SSSR count). The van der Waals surface area contributed by atoms with Crippen molar-refractivity contribution in [3.63, 3.8) is 0 Å². The highest BCUT2D eigenvalue weighted by atomic mass is 35.5. The zero-order valence-corrected chi connectivity index (χ0v) is 18.6. The lowest BCUT2D eigenvalue weighted by Crippen LogP contribution is -2.36. The van der Waals surface area contributed by atoms with Crippen LogP contribution in [-0.4, -0.2) is 44.9 Å². The minimum atomic E-state index is -3.82. The fourth-order valence-corrected chi connectivity index (χ4v) is 5.79. The van der Waals surface area contributed by atoms with Crippen molar-refractivity contribution in [3.8, 4) is 0 Å². The highest BCUT2D eigenvalue weighted by Crippen LogP contribution is 2.31. The van der Waals surface area contributed by atoms with E-state index in [1.165, 1.54) is 12.1 Å². The van der Waals surface area contributed by atoms with Crippen molar-refractivity contribution in [2.75, 3.05) is 19.6 Å².